The van der Waals surface area contributed by atoms with E-state index < -0.39 is 24.6 Å². The van der Waals surface area contributed by atoms with Crippen LogP contribution in [0.4, 0.5) is 5.82 Å². The van der Waals surface area contributed by atoms with Crippen LogP contribution in [-0.2, 0) is 4.79 Å². The molecule has 0 saturated heterocycles. The number of nitrogens with zero attached hydrogens (tertiary/aromatic N) is 2. The predicted octanol–water partition coefficient (Wildman–Crippen LogP) is -0.419. The second-order valence-electron chi connectivity index (χ2n) is 3.07. The number of hydrogen-bond acceptors (Lipinski definition) is 6. The van der Waals surface area contributed by atoms with Gasteiger partial charge in [-0.3, -0.25) is 4.79 Å². The molecule has 8 heteroatoms. The number of aliphatic carboxylic acids is 1. The standard InChI is InChI=1S/C8H10ClN3O4/c9-4-2-11-8(10)6(12-4)7(16)3(13)1-5(14)15/h2-3,7,13,16H,1H2,(H2,10,11)(H,14,15). The van der Waals surface area contributed by atoms with E-state index in [4.69, 9.17) is 22.4 Å². The van der Waals surface area contributed by atoms with E-state index in [9.17, 15) is 15.0 Å². The summed E-state index contributed by atoms with van der Waals surface area (Å²) in [6.07, 6.45) is -2.51. The molecule has 0 aliphatic rings. The molecule has 2 atom stereocenters. The number of anilines is 1. The minimum Gasteiger partial charge on any atom is -0.481 e. The molecule has 0 saturated carbocycles. The Hall–Kier alpha value is -1.44. The Morgan fingerprint density at radius 2 is 2.19 bits per heavy atom. The lowest BCUT2D eigenvalue weighted by molar-refractivity contribution is -0.141. The van der Waals surface area contributed by atoms with Gasteiger partial charge in [-0.25, -0.2) is 9.97 Å². The number of nitrogen functional groups attached to an aromatic ring is 1. The van der Waals surface area contributed by atoms with Gasteiger partial charge in [-0.2, -0.15) is 0 Å². The number of carbonyl (C=O) groups is 1. The highest BCUT2D eigenvalue weighted by molar-refractivity contribution is 6.29. The molecule has 5 N–H and O–H groups in total. The Balaban J connectivity index is 2.90. The number of halogens is 1. The van der Waals surface area contributed by atoms with Crippen molar-refractivity contribution in [2.75, 3.05) is 5.73 Å². The number of hydrogen-bond donors (Lipinski definition) is 4. The molecule has 16 heavy (non-hydrogen) atoms. The molecule has 0 aliphatic carbocycles. The van der Waals surface area contributed by atoms with Crippen LogP contribution in [0.25, 0.3) is 0 Å². The fraction of sp³-hybridized carbons (Fsp3) is 0.375. The molecule has 1 heterocycles. The molecule has 0 spiro atoms. The zero-order valence-electron chi connectivity index (χ0n) is 8.04. The number of aromatic nitrogens is 2. The summed E-state index contributed by atoms with van der Waals surface area (Å²) in [7, 11) is 0. The molecule has 1 aromatic heterocycles. The molecule has 88 valence electrons. The molecule has 0 aromatic carbocycles. The summed E-state index contributed by atoms with van der Waals surface area (Å²) in [5, 5.41) is 27.4. The summed E-state index contributed by atoms with van der Waals surface area (Å²) in [6, 6.07) is 0. The fourth-order valence-corrected chi connectivity index (χ4v) is 1.22. The van der Waals surface area contributed by atoms with Crippen LogP contribution in [0.1, 0.15) is 18.2 Å². The average molecular weight is 248 g/mol. The summed E-state index contributed by atoms with van der Waals surface area (Å²) >= 11 is 5.53. The van der Waals surface area contributed by atoms with Crippen LogP contribution in [-0.4, -0.2) is 37.4 Å². The number of rotatable bonds is 4. The molecule has 7 nitrogen and oxygen atoms in total. The highest BCUT2D eigenvalue weighted by Crippen LogP contribution is 2.22. The van der Waals surface area contributed by atoms with Crippen LogP contribution in [0.2, 0.25) is 5.15 Å². The van der Waals surface area contributed by atoms with Crippen molar-refractivity contribution >= 4 is 23.4 Å². The topological polar surface area (TPSA) is 130 Å². The van der Waals surface area contributed by atoms with Gasteiger partial charge in [-0.15, -0.1) is 0 Å². The molecule has 0 amide bonds. The monoisotopic (exact) mass is 247 g/mol. The highest BCUT2D eigenvalue weighted by Gasteiger charge is 2.25. The van der Waals surface area contributed by atoms with Gasteiger partial charge < -0.3 is 21.1 Å². The van der Waals surface area contributed by atoms with E-state index in [0.717, 1.165) is 0 Å². The second-order valence-corrected chi connectivity index (χ2v) is 3.46. The summed E-state index contributed by atoms with van der Waals surface area (Å²) in [6.45, 7) is 0. The number of aliphatic hydroxyl groups is 2. The zero-order valence-corrected chi connectivity index (χ0v) is 8.79. The molecule has 0 radical (unpaired) electrons. The Kier molecular flexibility index (Phi) is 3.99. The van der Waals surface area contributed by atoms with Crippen molar-refractivity contribution in [2.24, 2.45) is 0 Å². The number of aliphatic hydroxyl groups excluding tert-OH is 2. The quantitative estimate of drug-likeness (QED) is 0.568. The van der Waals surface area contributed by atoms with Crippen molar-refractivity contribution in [3.05, 3.63) is 17.0 Å². The van der Waals surface area contributed by atoms with Crippen LogP contribution in [0.5, 0.6) is 0 Å². The first-order valence-corrected chi connectivity index (χ1v) is 4.65. The summed E-state index contributed by atoms with van der Waals surface area (Å²) in [5.41, 5.74) is 5.27. The second kappa shape index (κ2) is 5.06. The lowest BCUT2D eigenvalue weighted by atomic mass is 10.1. The first kappa shape index (κ1) is 12.6. The number of carboxylic acid groups (broad SMARTS) is 1. The van der Waals surface area contributed by atoms with Crippen LogP contribution in [0, 0.1) is 0 Å². The SMILES string of the molecule is Nc1ncc(Cl)nc1C(O)C(O)CC(=O)O. The summed E-state index contributed by atoms with van der Waals surface area (Å²) < 4.78 is 0. The van der Waals surface area contributed by atoms with E-state index in [2.05, 4.69) is 9.97 Å². The smallest absolute Gasteiger partial charge is 0.306 e. The Morgan fingerprint density at radius 3 is 2.75 bits per heavy atom. The van der Waals surface area contributed by atoms with Crippen molar-refractivity contribution in [2.45, 2.75) is 18.6 Å². The van der Waals surface area contributed by atoms with Gasteiger partial charge in [0.2, 0.25) is 0 Å². The lowest BCUT2D eigenvalue weighted by Crippen LogP contribution is -2.23. The van der Waals surface area contributed by atoms with Crippen molar-refractivity contribution in [3.63, 3.8) is 0 Å². The molecule has 0 fully saturated rings. The minimum absolute atomic E-state index is 0.00854. The summed E-state index contributed by atoms with van der Waals surface area (Å²) in [5.74, 6) is -1.36. The van der Waals surface area contributed by atoms with E-state index >= 15 is 0 Å². The van der Waals surface area contributed by atoms with Gasteiger partial charge in [0, 0.05) is 0 Å². The average Bonchev–Trinajstić information content (AvgIpc) is 2.19. The molecule has 0 aliphatic heterocycles. The molecule has 0 bridgehead atoms. The van der Waals surface area contributed by atoms with E-state index in [1.807, 2.05) is 0 Å². The number of carboxylic acids is 1. The van der Waals surface area contributed by atoms with Crippen LogP contribution >= 0.6 is 11.6 Å². The molecule has 2 unspecified atom stereocenters. The molecule has 1 aromatic rings. The summed E-state index contributed by atoms with van der Waals surface area (Å²) in [4.78, 5) is 17.6. The third-order valence-corrected chi connectivity index (χ3v) is 2.01. The number of nitrogens with two attached hydrogens (primary N) is 1. The van der Waals surface area contributed by atoms with Gasteiger partial charge in [-0.1, -0.05) is 11.6 Å². The van der Waals surface area contributed by atoms with Crippen molar-refractivity contribution in [1.82, 2.24) is 9.97 Å². The predicted molar refractivity (Wildman–Crippen MR) is 54.7 cm³/mol. The third kappa shape index (κ3) is 3.02. The van der Waals surface area contributed by atoms with Gasteiger partial charge in [0.15, 0.2) is 0 Å². The van der Waals surface area contributed by atoms with Crippen LogP contribution < -0.4 is 5.73 Å². The Morgan fingerprint density at radius 1 is 1.56 bits per heavy atom. The van der Waals surface area contributed by atoms with Gasteiger partial charge in [-0.05, 0) is 0 Å². The maximum Gasteiger partial charge on any atom is 0.306 e. The third-order valence-electron chi connectivity index (χ3n) is 1.83. The molecular formula is C8H10ClN3O4. The van der Waals surface area contributed by atoms with Crippen molar-refractivity contribution < 1.29 is 20.1 Å². The fourth-order valence-electron chi connectivity index (χ4n) is 1.08. The Bertz CT molecular complexity index is 401. The van der Waals surface area contributed by atoms with Gasteiger partial charge in [0.05, 0.1) is 18.7 Å². The van der Waals surface area contributed by atoms with Gasteiger partial charge >= 0.3 is 5.97 Å². The molecular weight excluding hydrogens is 238 g/mol. The first-order chi connectivity index (χ1) is 7.41. The van der Waals surface area contributed by atoms with E-state index in [1.54, 1.807) is 0 Å². The van der Waals surface area contributed by atoms with Crippen molar-refractivity contribution in [1.29, 1.82) is 0 Å². The largest absolute Gasteiger partial charge is 0.481 e. The lowest BCUT2D eigenvalue weighted by Gasteiger charge is -2.16. The maximum absolute atomic E-state index is 10.3. The van der Waals surface area contributed by atoms with E-state index in [-0.39, 0.29) is 16.7 Å². The van der Waals surface area contributed by atoms with Gasteiger partial charge in [0.25, 0.3) is 0 Å². The minimum atomic E-state index is -1.54. The Labute approximate surface area is 95.5 Å². The first-order valence-electron chi connectivity index (χ1n) is 4.27. The van der Waals surface area contributed by atoms with Crippen LogP contribution in [0.15, 0.2) is 6.20 Å². The highest BCUT2D eigenvalue weighted by atomic mass is 35.5. The van der Waals surface area contributed by atoms with E-state index in [0.29, 0.717) is 0 Å². The van der Waals surface area contributed by atoms with Crippen molar-refractivity contribution in [3.8, 4) is 0 Å². The normalized spacial score (nSPS) is 14.4. The zero-order chi connectivity index (χ0) is 12.3. The maximum atomic E-state index is 10.3. The van der Waals surface area contributed by atoms with Gasteiger partial charge in [0.1, 0.15) is 22.8 Å². The molecule has 1 rings (SSSR count). The van der Waals surface area contributed by atoms with Crippen LogP contribution in [0.3, 0.4) is 0 Å². The van der Waals surface area contributed by atoms with E-state index in [1.165, 1.54) is 6.20 Å².